The number of aromatic nitrogens is 1. The van der Waals surface area contributed by atoms with Crippen molar-refractivity contribution in [3.8, 4) is 0 Å². The molecule has 0 aliphatic carbocycles. The Kier molecular flexibility index (Phi) is 2.69. The van der Waals surface area contributed by atoms with Crippen LogP contribution in [0.5, 0.6) is 0 Å². The van der Waals surface area contributed by atoms with Crippen LogP contribution >= 0.6 is 0 Å². The van der Waals surface area contributed by atoms with E-state index in [1.54, 1.807) is 0 Å². The van der Waals surface area contributed by atoms with Gasteiger partial charge in [0.15, 0.2) is 5.89 Å². The Labute approximate surface area is 96.0 Å². The standard InChI is InChI=1S/C12H19N3O/c1-15-4-2-9(3-5-15)11-8-14-12(16-11)10-6-13-7-10/h8-10,13H,2-7H2,1H3. The number of hydrogen-bond acceptors (Lipinski definition) is 4. The van der Waals surface area contributed by atoms with E-state index in [-0.39, 0.29) is 0 Å². The van der Waals surface area contributed by atoms with E-state index in [1.165, 1.54) is 25.9 Å². The van der Waals surface area contributed by atoms with Gasteiger partial charge in [-0.1, -0.05) is 0 Å². The molecule has 4 nitrogen and oxygen atoms in total. The highest BCUT2D eigenvalue weighted by molar-refractivity contribution is 5.08. The fourth-order valence-electron chi connectivity index (χ4n) is 2.43. The van der Waals surface area contributed by atoms with Gasteiger partial charge in [-0.3, -0.25) is 0 Å². The van der Waals surface area contributed by atoms with Gasteiger partial charge in [0.2, 0.25) is 0 Å². The molecule has 88 valence electrons. The Morgan fingerprint density at radius 1 is 1.31 bits per heavy atom. The van der Waals surface area contributed by atoms with Gasteiger partial charge in [0.05, 0.1) is 12.1 Å². The average Bonchev–Trinajstić information content (AvgIpc) is 2.65. The fraction of sp³-hybridized carbons (Fsp3) is 0.750. The van der Waals surface area contributed by atoms with Gasteiger partial charge in [0.25, 0.3) is 0 Å². The average molecular weight is 221 g/mol. The number of oxazole rings is 1. The summed E-state index contributed by atoms with van der Waals surface area (Å²) in [6.07, 6.45) is 4.35. The van der Waals surface area contributed by atoms with E-state index in [1.807, 2.05) is 6.20 Å². The molecule has 0 amide bonds. The maximum atomic E-state index is 5.89. The first kappa shape index (κ1) is 10.3. The summed E-state index contributed by atoms with van der Waals surface area (Å²) < 4.78 is 5.89. The molecule has 4 heteroatoms. The molecule has 1 N–H and O–H groups in total. The molecule has 0 unspecified atom stereocenters. The highest BCUT2D eigenvalue weighted by Gasteiger charge is 2.26. The molecular weight excluding hydrogens is 202 g/mol. The van der Waals surface area contributed by atoms with Crippen LogP contribution in [-0.2, 0) is 0 Å². The Morgan fingerprint density at radius 3 is 2.69 bits per heavy atom. The van der Waals surface area contributed by atoms with Crippen molar-refractivity contribution in [2.45, 2.75) is 24.7 Å². The lowest BCUT2D eigenvalue weighted by atomic mass is 9.95. The topological polar surface area (TPSA) is 41.3 Å². The van der Waals surface area contributed by atoms with E-state index in [0.717, 1.165) is 24.7 Å². The fourth-order valence-corrected chi connectivity index (χ4v) is 2.43. The first-order valence-corrected chi connectivity index (χ1v) is 6.18. The van der Waals surface area contributed by atoms with Crippen molar-refractivity contribution >= 4 is 0 Å². The molecule has 2 aliphatic rings. The maximum Gasteiger partial charge on any atom is 0.200 e. The van der Waals surface area contributed by atoms with Gasteiger partial charge in [0.1, 0.15) is 5.76 Å². The molecule has 3 rings (SSSR count). The predicted molar refractivity (Wildman–Crippen MR) is 61.6 cm³/mol. The normalized spacial score (nSPS) is 24.6. The summed E-state index contributed by atoms with van der Waals surface area (Å²) in [5, 5.41) is 3.25. The zero-order valence-electron chi connectivity index (χ0n) is 9.78. The van der Waals surface area contributed by atoms with Gasteiger partial charge in [-0.25, -0.2) is 4.98 Å². The van der Waals surface area contributed by atoms with Crippen LogP contribution in [0.25, 0.3) is 0 Å². The van der Waals surface area contributed by atoms with Crippen LogP contribution in [-0.4, -0.2) is 43.1 Å². The minimum Gasteiger partial charge on any atom is -0.445 e. The highest BCUT2D eigenvalue weighted by atomic mass is 16.4. The summed E-state index contributed by atoms with van der Waals surface area (Å²) in [5.41, 5.74) is 0. The Bertz CT molecular complexity index is 351. The summed E-state index contributed by atoms with van der Waals surface area (Å²) in [6, 6.07) is 0. The van der Waals surface area contributed by atoms with Crippen molar-refractivity contribution in [2.24, 2.45) is 0 Å². The zero-order chi connectivity index (χ0) is 11.0. The number of likely N-dealkylation sites (tertiary alicyclic amines) is 1. The van der Waals surface area contributed by atoms with Gasteiger partial charge in [0, 0.05) is 19.0 Å². The molecule has 2 fully saturated rings. The van der Waals surface area contributed by atoms with Crippen LogP contribution in [0.15, 0.2) is 10.6 Å². The molecule has 3 heterocycles. The second-order valence-corrected chi connectivity index (χ2v) is 5.03. The minimum atomic E-state index is 0.514. The molecule has 0 spiro atoms. The molecule has 16 heavy (non-hydrogen) atoms. The highest BCUT2D eigenvalue weighted by Crippen LogP contribution is 2.30. The van der Waals surface area contributed by atoms with E-state index in [9.17, 15) is 0 Å². The summed E-state index contributed by atoms with van der Waals surface area (Å²) >= 11 is 0. The third kappa shape index (κ3) is 1.87. The first-order chi connectivity index (χ1) is 7.83. The summed E-state index contributed by atoms with van der Waals surface area (Å²) in [7, 11) is 2.18. The minimum absolute atomic E-state index is 0.514. The predicted octanol–water partition coefficient (Wildman–Crippen LogP) is 1.17. The third-order valence-electron chi connectivity index (χ3n) is 3.79. The van der Waals surface area contributed by atoms with Gasteiger partial charge < -0.3 is 14.6 Å². The molecule has 2 aliphatic heterocycles. The second kappa shape index (κ2) is 4.18. The Balaban J connectivity index is 1.67. The summed E-state index contributed by atoms with van der Waals surface area (Å²) in [4.78, 5) is 6.79. The molecule has 0 aromatic carbocycles. The van der Waals surface area contributed by atoms with Crippen molar-refractivity contribution in [2.75, 3.05) is 33.2 Å². The summed E-state index contributed by atoms with van der Waals surface area (Å²) in [6.45, 7) is 4.39. The van der Waals surface area contributed by atoms with Crippen molar-refractivity contribution < 1.29 is 4.42 Å². The SMILES string of the molecule is CN1CCC(c2cnc(C3CNC3)o2)CC1. The van der Waals surface area contributed by atoms with Crippen LogP contribution in [0.3, 0.4) is 0 Å². The van der Waals surface area contributed by atoms with Crippen LogP contribution in [0.4, 0.5) is 0 Å². The van der Waals surface area contributed by atoms with Crippen molar-refractivity contribution in [1.29, 1.82) is 0 Å². The summed E-state index contributed by atoms with van der Waals surface area (Å²) in [5.74, 6) is 3.15. The lowest BCUT2D eigenvalue weighted by Gasteiger charge is -2.27. The quantitative estimate of drug-likeness (QED) is 0.814. The van der Waals surface area contributed by atoms with E-state index in [4.69, 9.17) is 4.42 Å². The van der Waals surface area contributed by atoms with Gasteiger partial charge in [-0.2, -0.15) is 0 Å². The molecule has 1 aromatic rings. The molecule has 0 saturated carbocycles. The number of hydrogen-bond donors (Lipinski definition) is 1. The maximum absolute atomic E-state index is 5.89. The van der Waals surface area contributed by atoms with Crippen molar-refractivity contribution in [3.63, 3.8) is 0 Å². The van der Waals surface area contributed by atoms with Crippen LogP contribution in [0.1, 0.15) is 36.3 Å². The molecule has 2 saturated heterocycles. The smallest absolute Gasteiger partial charge is 0.200 e. The molecule has 1 aromatic heterocycles. The lowest BCUT2D eigenvalue weighted by Crippen LogP contribution is -2.40. The molecular formula is C12H19N3O. The van der Waals surface area contributed by atoms with E-state index >= 15 is 0 Å². The third-order valence-corrected chi connectivity index (χ3v) is 3.79. The van der Waals surface area contributed by atoms with E-state index in [2.05, 4.69) is 22.2 Å². The van der Waals surface area contributed by atoms with Gasteiger partial charge in [-0.15, -0.1) is 0 Å². The molecule has 0 bridgehead atoms. The van der Waals surface area contributed by atoms with Crippen molar-refractivity contribution in [1.82, 2.24) is 15.2 Å². The Hall–Kier alpha value is -0.870. The Morgan fingerprint density at radius 2 is 2.06 bits per heavy atom. The van der Waals surface area contributed by atoms with Crippen molar-refractivity contribution in [3.05, 3.63) is 17.8 Å². The van der Waals surface area contributed by atoms with Crippen LogP contribution in [0.2, 0.25) is 0 Å². The van der Waals surface area contributed by atoms with Gasteiger partial charge in [-0.05, 0) is 33.0 Å². The monoisotopic (exact) mass is 221 g/mol. The van der Waals surface area contributed by atoms with Gasteiger partial charge >= 0.3 is 0 Å². The number of nitrogens with zero attached hydrogens (tertiary/aromatic N) is 2. The van der Waals surface area contributed by atoms with E-state index in [0.29, 0.717) is 11.8 Å². The largest absolute Gasteiger partial charge is 0.445 e. The number of rotatable bonds is 2. The van der Waals surface area contributed by atoms with E-state index < -0.39 is 0 Å². The lowest BCUT2D eigenvalue weighted by molar-refractivity contribution is 0.235. The second-order valence-electron chi connectivity index (χ2n) is 5.03. The molecule has 0 atom stereocenters. The number of nitrogens with one attached hydrogen (secondary N) is 1. The van der Waals surface area contributed by atoms with Crippen LogP contribution in [0, 0.1) is 0 Å². The first-order valence-electron chi connectivity index (χ1n) is 6.18. The number of piperidine rings is 1. The van der Waals surface area contributed by atoms with Crippen LogP contribution < -0.4 is 5.32 Å². The molecule has 0 radical (unpaired) electrons. The zero-order valence-corrected chi connectivity index (χ0v) is 9.78.